The lowest BCUT2D eigenvalue weighted by Crippen LogP contribution is -2.41. The molecule has 2 aliphatic carbocycles. The monoisotopic (exact) mass is 393 g/mol. The van der Waals surface area contributed by atoms with E-state index in [0.717, 1.165) is 43.6 Å². The summed E-state index contributed by atoms with van der Waals surface area (Å²) in [4.78, 5) is 13.0. The van der Waals surface area contributed by atoms with Crippen LogP contribution in [0.15, 0.2) is 36.4 Å². The van der Waals surface area contributed by atoms with Gasteiger partial charge in [0, 0.05) is 0 Å². The molecule has 2 aliphatic rings. The fourth-order valence-corrected chi connectivity index (χ4v) is 4.60. The van der Waals surface area contributed by atoms with Gasteiger partial charge in [-0.15, -0.1) is 0 Å². The standard InChI is InChI=1S/C25H31NO3/c1-3-24(29-21-12-11-17-7-4-5-8-18(17)15-21)25(27)26-23-10-6-9-19-16-20(28-2)13-14-22(19)23/h11-16,23-24H,3-10H2,1-2H3,(H,26,27)/t23-,24-/m1/s1. The number of hydrogen-bond donors (Lipinski definition) is 1. The molecule has 0 radical (unpaired) electrons. The molecule has 1 amide bonds. The SMILES string of the molecule is CC[C@@H](Oc1ccc2c(c1)CCCC2)C(=O)N[C@@H]1CCCc2cc(OC)ccc21. The van der Waals surface area contributed by atoms with Crippen LogP contribution in [0.2, 0.25) is 0 Å². The predicted octanol–water partition coefficient (Wildman–Crippen LogP) is 4.93. The molecule has 0 unspecified atom stereocenters. The van der Waals surface area contributed by atoms with Crippen LogP contribution < -0.4 is 14.8 Å². The first kappa shape index (κ1) is 19.8. The fourth-order valence-electron chi connectivity index (χ4n) is 4.60. The zero-order chi connectivity index (χ0) is 20.2. The predicted molar refractivity (Wildman–Crippen MR) is 115 cm³/mol. The molecule has 4 nitrogen and oxygen atoms in total. The third-order valence-corrected chi connectivity index (χ3v) is 6.24. The van der Waals surface area contributed by atoms with Gasteiger partial charge >= 0.3 is 0 Å². The second-order valence-electron chi connectivity index (χ2n) is 8.17. The van der Waals surface area contributed by atoms with Crippen LogP contribution in [0.3, 0.4) is 0 Å². The average Bonchev–Trinajstić information content (AvgIpc) is 2.77. The van der Waals surface area contributed by atoms with Crippen molar-refractivity contribution in [1.29, 1.82) is 0 Å². The van der Waals surface area contributed by atoms with Gasteiger partial charge < -0.3 is 14.8 Å². The second-order valence-corrected chi connectivity index (χ2v) is 8.17. The molecule has 2 atom stereocenters. The van der Waals surface area contributed by atoms with Gasteiger partial charge in [-0.05, 0) is 97.9 Å². The van der Waals surface area contributed by atoms with Crippen molar-refractivity contribution in [2.45, 2.75) is 70.4 Å². The third-order valence-electron chi connectivity index (χ3n) is 6.24. The molecule has 0 saturated carbocycles. The summed E-state index contributed by atoms with van der Waals surface area (Å²) in [6.07, 6.45) is 7.99. The molecule has 0 heterocycles. The van der Waals surface area contributed by atoms with Crippen molar-refractivity contribution < 1.29 is 14.3 Å². The van der Waals surface area contributed by atoms with Crippen LogP contribution in [-0.4, -0.2) is 19.1 Å². The van der Waals surface area contributed by atoms with Crippen molar-refractivity contribution in [1.82, 2.24) is 5.32 Å². The molecule has 4 heteroatoms. The summed E-state index contributed by atoms with van der Waals surface area (Å²) >= 11 is 0. The summed E-state index contributed by atoms with van der Waals surface area (Å²) in [6, 6.07) is 12.5. The number of rotatable bonds is 6. The molecular formula is C25H31NO3. The third kappa shape index (κ3) is 4.42. The van der Waals surface area contributed by atoms with Crippen molar-refractivity contribution in [2.75, 3.05) is 7.11 Å². The number of carbonyl (C=O) groups excluding carboxylic acids is 1. The van der Waals surface area contributed by atoms with Gasteiger partial charge in [-0.2, -0.15) is 0 Å². The number of methoxy groups -OCH3 is 1. The first-order chi connectivity index (χ1) is 14.2. The molecule has 2 aromatic carbocycles. The van der Waals surface area contributed by atoms with Crippen molar-refractivity contribution in [3.63, 3.8) is 0 Å². The highest BCUT2D eigenvalue weighted by Gasteiger charge is 2.26. The summed E-state index contributed by atoms with van der Waals surface area (Å²) in [5.41, 5.74) is 5.27. The minimum Gasteiger partial charge on any atom is -0.497 e. The maximum Gasteiger partial charge on any atom is 0.261 e. The first-order valence-corrected chi connectivity index (χ1v) is 10.9. The number of carbonyl (C=O) groups is 1. The lowest BCUT2D eigenvalue weighted by Gasteiger charge is -2.28. The molecule has 154 valence electrons. The summed E-state index contributed by atoms with van der Waals surface area (Å²) in [7, 11) is 1.69. The number of aryl methyl sites for hydroxylation is 3. The summed E-state index contributed by atoms with van der Waals surface area (Å²) < 4.78 is 11.5. The number of benzene rings is 2. The minimum absolute atomic E-state index is 0.0288. The smallest absolute Gasteiger partial charge is 0.261 e. The van der Waals surface area contributed by atoms with Gasteiger partial charge in [0.1, 0.15) is 11.5 Å². The van der Waals surface area contributed by atoms with E-state index in [0.29, 0.717) is 6.42 Å². The van der Waals surface area contributed by atoms with Gasteiger partial charge in [-0.3, -0.25) is 4.79 Å². The summed E-state index contributed by atoms with van der Waals surface area (Å²) in [6.45, 7) is 2.00. The van der Waals surface area contributed by atoms with Gasteiger partial charge in [-0.1, -0.05) is 19.1 Å². The van der Waals surface area contributed by atoms with E-state index in [1.165, 1.54) is 35.1 Å². The molecule has 0 bridgehead atoms. The van der Waals surface area contributed by atoms with E-state index in [-0.39, 0.29) is 11.9 Å². The Morgan fingerprint density at radius 1 is 1.00 bits per heavy atom. The van der Waals surface area contributed by atoms with Crippen LogP contribution >= 0.6 is 0 Å². The highest BCUT2D eigenvalue weighted by atomic mass is 16.5. The van der Waals surface area contributed by atoms with Gasteiger partial charge in [0.25, 0.3) is 5.91 Å². The highest BCUT2D eigenvalue weighted by molar-refractivity contribution is 5.81. The molecule has 0 aromatic heterocycles. The fraction of sp³-hybridized carbons (Fsp3) is 0.480. The highest BCUT2D eigenvalue weighted by Crippen LogP contribution is 2.32. The zero-order valence-corrected chi connectivity index (χ0v) is 17.5. The minimum atomic E-state index is -0.472. The Morgan fingerprint density at radius 2 is 1.72 bits per heavy atom. The lowest BCUT2D eigenvalue weighted by molar-refractivity contribution is -0.129. The Morgan fingerprint density at radius 3 is 2.52 bits per heavy atom. The zero-order valence-electron chi connectivity index (χ0n) is 17.5. The second kappa shape index (κ2) is 8.89. The molecule has 29 heavy (non-hydrogen) atoms. The van der Waals surface area contributed by atoms with Crippen LogP contribution in [0.25, 0.3) is 0 Å². The Kier molecular flexibility index (Phi) is 6.08. The molecule has 4 rings (SSSR count). The first-order valence-electron chi connectivity index (χ1n) is 10.9. The topological polar surface area (TPSA) is 47.6 Å². The molecular weight excluding hydrogens is 362 g/mol. The Balaban J connectivity index is 1.45. The summed E-state index contributed by atoms with van der Waals surface area (Å²) in [5.74, 6) is 1.65. The Bertz CT molecular complexity index is 876. The van der Waals surface area contributed by atoms with Crippen LogP contribution in [0.5, 0.6) is 11.5 Å². The maximum atomic E-state index is 13.0. The van der Waals surface area contributed by atoms with Crippen LogP contribution in [-0.2, 0) is 24.1 Å². The van der Waals surface area contributed by atoms with Crippen molar-refractivity contribution in [2.24, 2.45) is 0 Å². The van der Waals surface area contributed by atoms with Crippen molar-refractivity contribution in [3.8, 4) is 11.5 Å². The van der Waals surface area contributed by atoms with E-state index in [4.69, 9.17) is 9.47 Å². The number of nitrogens with one attached hydrogen (secondary N) is 1. The van der Waals surface area contributed by atoms with Crippen LogP contribution in [0.1, 0.15) is 67.3 Å². The van der Waals surface area contributed by atoms with E-state index < -0.39 is 6.10 Å². The number of fused-ring (bicyclic) bond motifs is 2. The van der Waals surface area contributed by atoms with Gasteiger partial charge in [0.2, 0.25) is 0 Å². The van der Waals surface area contributed by atoms with Crippen LogP contribution in [0.4, 0.5) is 0 Å². The number of hydrogen-bond acceptors (Lipinski definition) is 3. The van der Waals surface area contributed by atoms with E-state index in [2.05, 4.69) is 29.6 Å². The number of ether oxygens (including phenoxy) is 2. The molecule has 2 aromatic rings. The molecule has 0 fully saturated rings. The molecule has 0 spiro atoms. The van der Waals surface area contributed by atoms with E-state index in [1.54, 1.807) is 7.11 Å². The largest absolute Gasteiger partial charge is 0.497 e. The lowest BCUT2D eigenvalue weighted by atomic mass is 9.87. The summed E-state index contributed by atoms with van der Waals surface area (Å²) in [5, 5.41) is 3.24. The normalized spacial score (nSPS) is 18.9. The van der Waals surface area contributed by atoms with E-state index in [9.17, 15) is 4.79 Å². The van der Waals surface area contributed by atoms with Gasteiger partial charge in [-0.25, -0.2) is 0 Å². The maximum absolute atomic E-state index is 13.0. The van der Waals surface area contributed by atoms with E-state index in [1.807, 2.05) is 19.1 Å². The number of amides is 1. The Hall–Kier alpha value is -2.49. The molecule has 0 saturated heterocycles. The average molecular weight is 394 g/mol. The van der Waals surface area contributed by atoms with Gasteiger partial charge in [0.15, 0.2) is 6.10 Å². The van der Waals surface area contributed by atoms with E-state index >= 15 is 0 Å². The quantitative estimate of drug-likeness (QED) is 0.757. The molecule has 0 aliphatic heterocycles. The van der Waals surface area contributed by atoms with Crippen LogP contribution in [0, 0.1) is 0 Å². The van der Waals surface area contributed by atoms with Crippen molar-refractivity contribution >= 4 is 5.91 Å². The van der Waals surface area contributed by atoms with Crippen molar-refractivity contribution in [3.05, 3.63) is 58.7 Å². The molecule has 1 N–H and O–H groups in total. The van der Waals surface area contributed by atoms with Gasteiger partial charge in [0.05, 0.1) is 13.2 Å². The Labute approximate surface area is 173 Å².